The van der Waals surface area contributed by atoms with Crippen LogP contribution in [0.25, 0.3) is 0 Å². The Kier molecular flexibility index (Phi) is 1.86. The van der Waals surface area contributed by atoms with Crippen molar-refractivity contribution in [3.63, 3.8) is 0 Å². The van der Waals surface area contributed by atoms with Gasteiger partial charge in [-0.3, -0.25) is 0 Å². The number of ether oxygens (including phenoxy) is 1. The molecule has 0 N–H and O–H groups in total. The first kappa shape index (κ1) is 10.6. The fraction of sp³-hybridized carbons (Fsp3) is 0.875. The minimum Gasteiger partial charge on any atom is -0.372 e. The lowest BCUT2D eigenvalue weighted by molar-refractivity contribution is -0.0830. The molecule has 0 radical (unpaired) electrons. The zero-order valence-electron chi connectivity index (χ0n) is 11.4. The van der Waals surface area contributed by atoms with Crippen LogP contribution in [0.4, 0.5) is 0 Å². The van der Waals surface area contributed by atoms with E-state index in [1.165, 1.54) is 12.8 Å². The molecule has 0 aromatic rings. The molecule has 4 fully saturated rings. The van der Waals surface area contributed by atoms with Gasteiger partial charge in [0, 0.05) is 0 Å². The molecule has 0 heterocycles. The normalized spacial score (nSPS) is 54.6. The van der Waals surface area contributed by atoms with Crippen molar-refractivity contribution in [3.05, 3.63) is 11.6 Å². The van der Waals surface area contributed by atoms with E-state index in [-0.39, 0.29) is 5.60 Å². The van der Waals surface area contributed by atoms with E-state index in [1.54, 1.807) is 5.57 Å². The van der Waals surface area contributed by atoms with Crippen molar-refractivity contribution in [2.45, 2.75) is 52.2 Å². The summed E-state index contributed by atoms with van der Waals surface area (Å²) in [5.41, 5.74) is 1.68. The topological polar surface area (TPSA) is 9.23 Å². The van der Waals surface area contributed by atoms with Crippen molar-refractivity contribution >= 4 is 0 Å². The molecular formula is C16H24O. The lowest BCUT2D eigenvalue weighted by Crippen LogP contribution is -2.32. The molecule has 1 nitrogen and oxygen atoms in total. The van der Waals surface area contributed by atoms with Crippen LogP contribution in [0.5, 0.6) is 0 Å². The summed E-state index contributed by atoms with van der Waals surface area (Å²) < 4.78 is 6.41. The van der Waals surface area contributed by atoms with Gasteiger partial charge >= 0.3 is 0 Å². The SMILES string of the molecule is CC1=CC[C@H]2[C@H]3[C@@H](C1)[C@H]1[C@@H]2[C@H]1[C@H]3OC(C)(C)C. The zero-order chi connectivity index (χ0) is 11.9. The van der Waals surface area contributed by atoms with Gasteiger partial charge in [0.15, 0.2) is 0 Å². The highest BCUT2D eigenvalue weighted by Gasteiger charge is 2.78. The molecule has 0 aliphatic heterocycles. The predicted molar refractivity (Wildman–Crippen MR) is 68.6 cm³/mol. The summed E-state index contributed by atoms with van der Waals surface area (Å²) in [5, 5.41) is 0. The molecule has 0 amide bonds. The van der Waals surface area contributed by atoms with Gasteiger partial charge in [-0.25, -0.2) is 0 Å². The molecule has 17 heavy (non-hydrogen) atoms. The first-order chi connectivity index (χ1) is 7.97. The quantitative estimate of drug-likeness (QED) is 0.627. The molecule has 5 rings (SSSR count). The standard InChI is InChI=1S/C16H24O/c1-8-5-6-9-11-10(7-8)13-12(9)14(13)15(11)17-16(2,3)4/h5,9-15H,6-7H2,1-4H3/t9-,10+,11-,12+,13-,14+,15-/m0/s1. The van der Waals surface area contributed by atoms with Crippen molar-refractivity contribution in [2.24, 2.45) is 35.5 Å². The molecule has 0 spiro atoms. The molecule has 5 aliphatic carbocycles. The highest BCUT2D eigenvalue weighted by Crippen LogP contribution is 2.78. The minimum absolute atomic E-state index is 0.0426. The summed E-state index contributed by atoms with van der Waals surface area (Å²) >= 11 is 0. The molecule has 6 bridgehead atoms. The van der Waals surface area contributed by atoms with Gasteiger partial charge in [-0.15, -0.1) is 0 Å². The Hall–Kier alpha value is -0.300. The molecule has 5 aliphatic rings. The predicted octanol–water partition coefficient (Wildman–Crippen LogP) is 3.65. The third-order valence-electron chi connectivity index (χ3n) is 5.71. The first-order valence-electron chi connectivity index (χ1n) is 7.31. The fourth-order valence-corrected chi connectivity index (χ4v) is 5.48. The van der Waals surface area contributed by atoms with E-state index in [4.69, 9.17) is 4.74 Å². The van der Waals surface area contributed by atoms with Gasteiger partial charge in [-0.2, -0.15) is 0 Å². The van der Waals surface area contributed by atoms with E-state index in [2.05, 4.69) is 33.8 Å². The monoisotopic (exact) mass is 232 g/mol. The number of rotatable bonds is 1. The maximum absolute atomic E-state index is 6.41. The van der Waals surface area contributed by atoms with E-state index < -0.39 is 0 Å². The molecule has 0 saturated heterocycles. The van der Waals surface area contributed by atoms with E-state index in [0.29, 0.717) is 6.10 Å². The summed E-state index contributed by atoms with van der Waals surface area (Å²) in [6.07, 6.45) is 5.82. The average Bonchev–Trinajstić information content (AvgIpc) is 2.66. The summed E-state index contributed by atoms with van der Waals surface area (Å²) in [6.45, 7) is 8.98. The first-order valence-corrected chi connectivity index (χ1v) is 7.31. The van der Waals surface area contributed by atoms with E-state index in [0.717, 1.165) is 35.5 Å². The van der Waals surface area contributed by atoms with Crippen LogP contribution in [0.2, 0.25) is 0 Å². The second kappa shape index (κ2) is 2.99. The summed E-state index contributed by atoms with van der Waals surface area (Å²) in [4.78, 5) is 0. The Morgan fingerprint density at radius 3 is 2.47 bits per heavy atom. The highest BCUT2D eigenvalue weighted by molar-refractivity contribution is 5.29. The van der Waals surface area contributed by atoms with Crippen molar-refractivity contribution in [3.8, 4) is 0 Å². The van der Waals surface area contributed by atoms with Crippen LogP contribution in [-0.4, -0.2) is 11.7 Å². The summed E-state index contributed by atoms with van der Waals surface area (Å²) in [7, 11) is 0. The molecule has 0 aromatic carbocycles. The Morgan fingerprint density at radius 1 is 1.06 bits per heavy atom. The van der Waals surface area contributed by atoms with Crippen molar-refractivity contribution in [1.29, 1.82) is 0 Å². The molecular weight excluding hydrogens is 208 g/mol. The second-order valence-electron chi connectivity index (χ2n) is 7.82. The van der Waals surface area contributed by atoms with Crippen LogP contribution in [0, 0.1) is 35.5 Å². The molecule has 1 heteroatoms. The molecule has 94 valence electrons. The fourth-order valence-electron chi connectivity index (χ4n) is 5.48. The second-order valence-corrected chi connectivity index (χ2v) is 7.82. The van der Waals surface area contributed by atoms with Gasteiger partial charge in [0.25, 0.3) is 0 Å². The smallest absolute Gasteiger partial charge is 0.0649 e. The van der Waals surface area contributed by atoms with Crippen LogP contribution >= 0.6 is 0 Å². The van der Waals surface area contributed by atoms with E-state index >= 15 is 0 Å². The van der Waals surface area contributed by atoms with Gasteiger partial charge < -0.3 is 4.74 Å². The molecule has 0 unspecified atom stereocenters. The van der Waals surface area contributed by atoms with Gasteiger partial charge in [0.1, 0.15) is 0 Å². The lowest BCUT2D eigenvalue weighted by atomic mass is 9.88. The lowest BCUT2D eigenvalue weighted by Gasteiger charge is -2.30. The third-order valence-corrected chi connectivity index (χ3v) is 5.71. The van der Waals surface area contributed by atoms with Crippen LogP contribution in [0.1, 0.15) is 40.5 Å². The van der Waals surface area contributed by atoms with Gasteiger partial charge in [0.05, 0.1) is 11.7 Å². The number of hydrogen-bond acceptors (Lipinski definition) is 1. The van der Waals surface area contributed by atoms with Crippen LogP contribution in [0.15, 0.2) is 11.6 Å². The van der Waals surface area contributed by atoms with Crippen LogP contribution in [-0.2, 0) is 4.74 Å². The van der Waals surface area contributed by atoms with Crippen LogP contribution in [0.3, 0.4) is 0 Å². The summed E-state index contributed by atoms with van der Waals surface area (Å²) in [5.74, 6) is 5.86. The summed E-state index contributed by atoms with van der Waals surface area (Å²) in [6, 6.07) is 0. The third kappa shape index (κ3) is 1.30. The molecule has 0 aromatic heterocycles. The number of hydrogen-bond donors (Lipinski definition) is 0. The van der Waals surface area contributed by atoms with E-state index in [1.807, 2.05) is 0 Å². The maximum atomic E-state index is 6.41. The zero-order valence-corrected chi connectivity index (χ0v) is 11.4. The largest absolute Gasteiger partial charge is 0.372 e. The van der Waals surface area contributed by atoms with Gasteiger partial charge in [0.2, 0.25) is 0 Å². The van der Waals surface area contributed by atoms with Crippen molar-refractivity contribution in [2.75, 3.05) is 0 Å². The Balaban J connectivity index is 1.62. The number of allylic oxidation sites excluding steroid dienone is 2. The Bertz CT molecular complexity index is 389. The highest BCUT2D eigenvalue weighted by atomic mass is 16.5. The van der Waals surface area contributed by atoms with Crippen molar-refractivity contribution in [1.82, 2.24) is 0 Å². The Labute approximate surface area is 105 Å². The molecule has 7 atom stereocenters. The minimum atomic E-state index is 0.0426. The molecule has 4 saturated carbocycles. The van der Waals surface area contributed by atoms with Crippen molar-refractivity contribution < 1.29 is 4.74 Å². The van der Waals surface area contributed by atoms with Gasteiger partial charge in [-0.05, 0) is 76.0 Å². The average molecular weight is 232 g/mol. The van der Waals surface area contributed by atoms with E-state index in [9.17, 15) is 0 Å². The van der Waals surface area contributed by atoms with Gasteiger partial charge in [-0.1, -0.05) is 11.6 Å². The Morgan fingerprint density at radius 2 is 1.76 bits per heavy atom. The maximum Gasteiger partial charge on any atom is 0.0649 e. The van der Waals surface area contributed by atoms with Crippen LogP contribution < -0.4 is 0 Å².